The summed E-state index contributed by atoms with van der Waals surface area (Å²) in [5.41, 5.74) is 8.53. The minimum Gasteiger partial charge on any atom is -0.399 e. The number of benzene rings is 2. The number of thiazole rings is 1. The first-order valence-corrected chi connectivity index (χ1v) is 6.34. The fourth-order valence-electron chi connectivity index (χ4n) is 1.69. The van der Waals surface area contributed by atoms with E-state index in [0.29, 0.717) is 0 Å². The van der Waals surface area contributed by atoms with Crippen LogP contribution in [-0.2, 0) is 0 Å². The molecule has 17 heavy (non-hydrogen) atoms. The maximum atomic E-state index is 5.98. The lowest BCUT2D eigenvalue weighted by Gasteiger charge is -1.95. The zero-order valence-electron chi connectivity index (χ0n) is 8.85. The fourth-order valence-corrected chi connectivity index (χ4v) is 2.89. The molecule has 0 spiro atoms. The smallest absolute Gasteiger partial charge is 0.124 e. The van der Waals surface area contributed by atoms with E-state index in [4.69, 9.17) is 17.3 Å². The van der Waals surface area contributed by atoms with Crippen molar-refractivity contribution >= 4 is 38.8 Å². The molecule has 0 bridgehead atoms. The third-order valence-electron chi connectivity index (χ3n) is 2.48. The molecule has 0 aliphatic carbocycles. The van der Waals surface area contributed by atoms with Crippen LogP contribution in [0, 0.1) is 0 Å². The summed E-state index contributed by atoms with van der Waals surface area (Å²) in [4.78, 5) is 4.57. The van der Waals surface area contributed by atoms with E-state index < -0.39 is 0 Å². The molecule has 0 unspecified atom stereocenters. The van der Waals surface area contributed by atoms with Gasteiger partial charge in [0.1, 0.15) is 5.01 Å². The molecule has 1 heterocycles. The molecule has 2 nitrogen and oxygen atoms in total. The fraction of sp³-hybridized carbons (Fsp3) is 0. The summed E-state index contributed by atoms with van der Waals surface area (Å²) in [6.45, 7) is 0. The standard InChI is InChI=1S/C13H9ClN2S/c14-9-3-1-2-8(6-9)13-16-11-5-4-10(15)7-12(11)17-13/h1-7H,15H2. The van der Waals surface area contributed by atoms with Gasteiger partial charge in [-0.05, 0) is 30.3 Å². The third kappa shape index (κ3) is 1.99. The topological polar surface area (TPSA) is 38.9 Å². The molecule has 0 saturated carbocycles. The highest BCUT2D eigenvalue weighted by molar-refractivity contribution is 7.21. The van der Waals surface area contributed by atoms with Gasteiger partial charge in [-0.25, -0.2) is 4.98 Å². The summed E-state index contributed by atoms with van der Waals surface area (Å²) in [6.07, 6.45) is 0. The number of hydrogen-bond acceptors (Lipinski definition) is 3. The Balaban J connectivity index is 2.18. The number of nitrogens with two attached hydrogens (primary N) is 1. The summed E-state index contributed by atoms with van der Waals surface area (Å²) >= 11 is 7.60. The molecule has 0 fully saturated rings. The van der Waals surface area contributed by atoms with E-state index in [-0.39, 0.29) is 0 Å². The largest absolute Gasteiger partial charge is 0.399 e. The number of rotatable bonds is 1. The van der Waals surface area contributed by atoms with E-state index >= 15 is 0 Å². The second kappa shape index (κ2) is 4.02. The molecular formula is C13H9ClN2S. The molecule has 1 aromatic heterocycles. The number of nitrogen functional groups attached to an aromatic ring is 1. The molecular weight excluding hydrogens is 252 g/mol. The van der Waals surface area contributed by atoms with Crippen molar-refractivity contribution in [3.8, 4) is 10.6 Å². The molecule has 2 N–H and O–H groups in total. The highest BCUT2D eigenvalue weighted by atomic mass is 35.5. The summed E-state index contributed by atoms with van der Waals surface area (Å²) in [7, 11) is 0. The molecule has 0 radical (unpaired) electrons. The first-order valence-electron chi connectivity index (χ1n) is 5.14. The zero-order valence-corrected chi connectivity index (χ0v) is 10.4. The summed E-state index contributed by atoms with van der Waals surface area (Å²) in [6, 6.07) is 13.5. The third-order valence-corrected chi connectivity index (χ3v) is 3.79. The number of nitrogens with zero attached hydrogens (tertiary/aromatic N) is 1. The summed E-state index contributed by atoms with van der Waals surface area (Å²) in [5.74, 6) is 0. The van der Waals surface area contributed by atoms with E-state index in [9.17, 15) is 0 Å². The van der Waals surface area contributed by atoms with Crippen LogP contribution in [0.4, 0.5) is 5.69 Å². The van der Waals surface area contributed by atoms with Gasteiger partial charge in [-0.2, -0.15) is 0 Å². The Morgan fingerprint density at radius 2 is 2.00 bits per heavy atom. The van der Waals surface area contributed by atoms with Crippen molar-refractivity contribution in [3.05, 3.63) is 47.5 Å². The molecule has 0 saturated heterocycles. The summed E-state index contributed by atoms with van der Waals surface area (Å²) < 4.78 is 1.10. The minimum atomic E-state index is 0.723. The molecule has 0 atom stereocenters. The van der Waals surface area contributed by atoms with Crippen LogP contribution < -0.4 is 5.73 Å². The number of aromatic nitrogens is 1. The Bertz CT molecular complexity index is 691. The van der Waals surface area contributed by atoms with Gasteiger partial charge in [0.15, 0.2) is 0 Å². The highest BCUT2D eigenvalue weighted by Crippen LogP contribution is 2.32. The van der Waals surface area contributed by atoms with Crippen LogP contribution in [0.1, 0.15) is 0 Å². The molecule has 0 aliphatic heterocycles. The molecule has 4 heteroatoms. The normalized spacial score (nSPS) is 10.9. The Hall–Kier alpha value is -1.58. The Labute approximate surface area is 108 Å². The van der Waals surface area contributed by atoms with E-state index in [2.05, 4.69) is 4.98 Å². The summed E-state index contributed by atoms with van der Waals surface area (Å²) in [5, 5.41) is 1.69. The van der Waals surface area contributed by atoms with Gasteiger partial charge in [0.2, 0.25) is 0 Å². The van der Waals surface area contributed by atoms with Crippen molar-refractivity contribution in [2.24, 2.45) is 0 Å². The highest BCUT2D eigenvalue weighted by Gasteiger charge is 2.06. The molecule has 0 aliphatic rings. The second-order valence-corrected chi connectivity index (χ2v) is 5.22. The lowest BCUT2D eigenvalue weighted by Crippen LogP contribution is -1.81. The number of anilines is 1. The van der Waals surface area contributed by atoms with E-state index in [1.165, 1.54) is 0 Å². The zero-order chi connectivity index (χ0) is 11.8. The predicted octanol–water partition coefficient (Wildman–Crippen LogP) is 4.20. The number of hydrogen-bond donors (Lipinski definition) is 1. The van der Waals surface area contributed by atoms with Gasteiger partial charge in [0.25, 0.3) is 0 Å². The lowest BCUT2D eigenvalue weighted by atomic mass is 10.2. The van der Waals surface area contributed by atoms with Gasteiger partial charge in [-0.15, -0.1) is 11.3 Å². The van der Waals surface area contributed by atoms with E-state index in [1.54, 1.807) is 11.3 Å². The maximum absolute atomic E-state index is 5.98. The van der Waals surface area contributed by atoms with Crippen molar-refractivity contribution in [3.63, 3.8) is 0 Å². The minimum absolute atomic E-state index is 0.723. The Morgan fingerprint density at radius 1 is 1.12 bits per heavy atom. The maximum Gasteiger partial charge on any atom is 0.124 e. The van der Waals surface area contributed by atoms with E-state index in [1.807, 2.05) is 42.5 Å². The van der Waals surface area contributed by atoms with E-state index in [0.717, 1.165) is 31.5 Å². The second-order valence-electron chi connectivity index (χ2n) is 3.76. The van der Waals surface area contributed by atoms with Crippen molar-refractivity contribution in [1.29, 1.82) is 0 Å². The Kier molecular flexibility index (Phi) is 2.50. The lowest BCUT2D eigenvalue weighted by molar-refractivity contribution is 1.48. The van der Waals surface area contributed by atoms with Crippen molar-refractivity contribution < 1.29 is 0 Å². The molecule has 2 aromatic carbocycles. The first kappa shape index (κ1) is 10.6. The average molecular weight is 261 g/mol. The molecule has 3 aromatic rings. The van der Waals surface area contributed by atoms with Gasteiger partial charge >= 0.3 is 0 Å². The molecule has 0 amide bonds. The van der Waals surface area contributed by atoms with Crippen LogP contribution in [-0.4, -0.2) is 4.98 Å². The number of fused-ring (bicyclic) bond motifs is 1. The van der Waals surface area contributed by atoms with Gasteiger partial charge < -0.3 is 5.73 Å². The quantitative estimate of drug-likeness (QED) is 0.666. The van der Waals surface area contributed by atoms with Gasteiger partial charge in [0, 0.05) is 16.3 Å². The van der Waals surface area contributed by atoms with Gasteiger partial charge in [0.05, 0.1) is 10.2 Å². The van der Waals surface area contributed by atoms with Gasteiger partial charge in [-0.3, -0.25) is 0 Å². The van der Waals surface area contributed by atoms with Crippen LogP contribution >= 0.6 is 22.9 Å². The van der Waals surface area contributed by atoms with Gasteiger partial charge in [-0.1, -0.05) is 23.7 Å². The van der Waals surface area contributed by atoms with Crippen LogP contribution in [0.3, 0.4) is 0 Å². The Morgan fingerprint density at radius 3 is 2.82 bits per heavy atom. The van der Waals surface area contributed by atoms with Crippen LogP contribution in [0.2, 0.25) is 5.02 Å². The van der Waals surface area contributed by atoms with Crippen molar-refractivity contribution in [2.75, 3.05) is 5.73 Å². The molecule has 3 rings (SSSR count). The first-order chi connectivity index (χ1) is 8.22. The predicted molar refractivity (Wildman–Crippen MR) is 74.5 cm³/mol. The van der Waals surface area contributed by atoms with Crippen LogP contribution in [0.5, 0.6) is 0 Å². The van der Waals surface area contributed by atoms with Crippen LogP contribution in [0.25, 0.3) is 20.8 Å². The van der Waals surface area contributed by atoms with Crippen LogP contribution in [0.15, 0.2) is 42.5 Å². The number of halogens is 1. The average Bonchev–Trinajstić information content (AvgIpc) is 2.72. The SMILES string of the molecule is Nc1ccc2nc(-c3cccc(Cl)c3)sc2c1. The molecule has 84 valence electrons. The van der Waals surface area contributed by atoms with Crippen molar-refractivity contribution in [1.82, 2.24) is 4.98 Å². The monoisotopic (exact) mass is 260 g/mol. The van der Waals surface area contributed by atoms with Crippen molar-refractivity contribution in [2.45, 2.75) is 0 Å².